The lowest BCUT2D eigenvalue weighted by Gasteiger charge is -2.06. The molecule has 0 spiro atoms. The Kier molecular flexibility index (Phi) is 6.49. The third-order valence-corrected chi connectivity index (χ3v) is 7.01. The molecule has 9 heteroatoms. The molecule has 6 aromatic rings. The second-order valence-electron chi connectivity index (χ2n) is 8.73. The Balaban J connectivity index is 1.41. The number of rotatable bonds is 8. The molecule has 6 rings (SSSR count). The zero-order valence-electron chi connectivity index (χ0n) is 20.7. The van der Waals surface area contributed by atoms with Gasteiger partial charge < -0.3 is 4.74 Å². The topological polar surface area (TPSA) is 87.2 Å². The van der Waals surface area contributed by atoms with Gasteiger partial charge >= 0.3 is 0 Å². The standard InChI is InChI=1S/C29H24N6O2S/c1-2-3-16-37-24-13-11-20(12-14-24)26-22(19-34(32-26)23-9-5-4-6-10-23)17-25-28(36)35-29(38-25)31-27(33-35)21-8-7-15-30-18-21/h4-15,17-19H,2-3,16H2,1H3/b25-17-. The average Bonchev–Trinajstić information content (AvgIpc) is 3.65. The highest BCUT2D eigenvalue weighted by molar-refractivity contribution is 7.15. The Morgan fingerprint density at radius 3 is 2.55 bits per heavy atom. The lowest BCUT2D eigenvalue weighted by Crippen LogP contribution is -2.23. The molecule has 0 fully saturated rings. The molecule has 0 radical (unpaired) electrons. The van der Waals surface area contributed by atoms with Crippen LogP contribution in [0.1, 0.15) is 25.3 Å². The molecule has 188 valence electrons. The first-order chi connectivity index (χ1) is 18.7. The van der Waals surface area contributed by atoms with Crippen molar-refractivity contribution >= 4 is 22.4 Å². The maximum absolute atomic E-state index is 13.3. The molecule has 0 aliphatic rings. The maximum Gasteiger partial charge on any atom is 0.291 e. The van der Waals surface area contributed by atoms with Gasteiger partial charge in [0.2, 0.25) is 4.96 Å². The highest BCUT2D eigenvalue weighted by Gasteiger charge is 2.15. The summed E-state index contributed by atoms with van der Waals surface area (Å²) in [6.07, 6.45) is 9.27. The summed E-state index contributed by atoms with van der Waals surface area (Å²) in [6.45, 7) is 2.84. The third kappa shape index (κ3) is 4.71. The van der Waals surface area contributed by atoms with Crippen molar-refractivity contribution in [3.63, 3.8) is 0 Å². The number of hydrogen-bond donors (Lipinski definition) is 0. The molecule has 8 nitrogen and oxygen atoms in total. The molecular weight excluding hydrogens is 496 g/mol. The SMILES string of the molecule is CCCCOc1ccc(-c2nn(-c3ccccc3)cc2/C=c2\sc3nc(-c4cccnc4)nn3c2=O)cc1. The fourth-order valence-corrected chi connectivity index (χ4v) is 4.96. The van der Waals surface area contributed by atoms with Gasteiger partial charge in [-0.15, -0.1) is 5.10 Å². The number of fused-ring (bicyclic) bond motifs is 1. The van der Waals surface area contributed by atoms with Crippen LogP contribution >= 0.6 is 11.3 Å². The lowest BCUT2D eigenvalue weighted by atomic mass is 10.1. The number of aromatic nitrogens is 6. The summed E-state index contributed by atoms with van der Waals surface area (Å²) in [4.78, 5) is 22.5. The molecule has 4 aromatic heterocycles. The van der Waals surface area contributed by atoms with Gasteiger partial charge in [-0.05, 0) is 61.0 Å². The van der Waals surface area contributed by atoms with Crippen molar-refractivity contribution < 1.29 is 4.74 Å². The minimum absolute atomic E-state index is 0.217. The maximum atomic E-state index is 13.3. The summed E-state index contributed by atoms with van der Waals surface area (Å²) in [5, 5.41) is 9.31. The van der Waals surface area contributed by atoms with Gasteiger partial charge in [-0.1, -0.05) is 42.9 Å². The van der Waals surface area contributed by atoms with Crippen molar-refractivity contribution in [3.8, 4) is 34.1 Å². The monoisotopic (exact) mass is 520 g/mol. The molecule has 0 N–H and O–H groups in total. The molecule has 0 unspecified atom stereocenters. The average molecular weight is 521 g/mol. The van der Waals surface area contributed by atoms with Crippen LogP contribution in [-0.4, -0.2) is 36.0 Å². The van der Waals surface area contributed by atoms with E-state index >= 15 is 0 Å². The summed E-state index contributed by atoms with van der Waals surface area (Å²) >= 11 is 1.30. The molecule has 4 heterocycles. The van der Waals surface area contributed by atoms with E-state index in [0.717, 1.165) is 46.7 Å². The Morgan fingerprint density at radius 2 is 1.82 bits per heavy atom. The summed E-state index contributed by atoms with van der Waals surface area (Å²) in [6, 6.07) is 21.5. The van der Waals surface area contributed by atoms with Crippen LogP contribution in [0.3, 0.4) is 0 Å². The molecular formula is C29H24N6O2S. The van der Waals surface area contributed by atoms with Crippen LogP contribution in [0.25, 0.3) is 39.4 Å². The van der Waals surface area contributed by atoms with Crippen LogP contribution in [0, 0.1) is 0 Å². The van der Waals surface area contributed by atoms with E-state index in [2.05, 4.69) is 22.0 Å². The van der Waals surface area contributed by atoms with Gasteiger partial charge in [0.1, 0.15) is 11.4 Å². The minimum Gasteiger partial charge on any atom is -0.494 e. The summed E-state index contributed by atoms with van der Waals surface area (Å²) < 4.78 is 9.54. The summed E-state index contributed by atoms with van der Waals surface area (Å²) in [5.41, 5.74) is 4.00. The molecule has 0 aliphatic carbocycles. The molecule has 2 aromatic carbocycles. The predicted molar refractivity (Wildman–Crippen MR) is 149 cm³/mol. The Hall–Kier alpha value is -4.63. The van der Waals surface area contributed by atoms with Crippen LogP contribution in [0.2, 0.25) is 0 Å². The van der Waals surface area contributed by atoms with Crippen molar-refractivity contribution in [2.75, 3.05) is 6.61 Å². The molecule has 0 atom stereocenters. The molecule has 0 aliphatic heterocycles. The van der Waals surface area contributed by atoms with Crippen molar-refractivity contribution in [2.45, 2.75) is 19.8 Å². The van der Waals surface area contributed by atoms with Gasteiger partial charge in [-0.3, -0.25) is 9.78 Å². The summed E-state index contributed by atoms with van der Waals surface area (Å²) in [7, 11) is 0. The second kappa shape index (κ2) is 10.4. The molecule has 0 bridgehead atoms. The molecule has 38 heavy (non-hydrogen) atoms. The summed E-state index contributed by atoms with van der Waals surface area (Å²) in [5.74, 6) is 1.30. The number of para-hydroxylation sites is 1. The van der Waals surface area contributed by atoms with Crippen LogP contribution in [-0.2, 0) is 0 Å². The van der Waals surface area contributed by atoms with Crippen LogP contribution in [0.5, 0.6) is 5.75 Å². The predicted octanol–water partition coefficient (Wildman–Crippen LogP) is 4.79. The number of ether oxygens (including phenoxy) is 1. The van der Waals surface area contributed by atoms with Crippen molar-refractivity contribution in [3.05, 3.63) is 106 Å². The number of hydrogen-bond acceptors (Lipinski definition) is 7. The van der Waals surface area contributed by atoms with Crippen molar-refractivity contribution in [1.82, 2.24) is 29.4 Å². The largest absolute Gasteiger partial charge is 0.494 e. The van der Waals surface area contributed by atoms with Crippen LogP contribution < -0.4 is 14.8 Å². The van der Waals surface area contributed by atoms with E-state index in [9.17, 15) is 4.79 Å². The Labute approximate surface area is 222 Å². The number of benzene rings is 2. The van der Waals surface area contributed by atoms with E-state index in [1.807, 2.05) is 83.7 Å². The number of unbranched alkanes of at least 4 members (excludes halogenated alkanes) is 1. The van der Waals surface area contributed by atoms with Gasteiger partial charge in [-0.25, -0.2) is 4.68 Å². The fourth-order valence-electron chi connectivity index (χ4n) is 4.07. The van der Waals surface area contributed by atoms with Gasteiger partial charge in [0.15, 0.2) is 5.82 Å². The Morgan fingerprint density at radius 1 is 0.974 bits per heavy atom. The Bertz CT molecular complexity index is 1790. The highest BCUT2D eigenvalue weighted by Crippen LogP contribution is 2.27. The highest BCUT2D eigenvalue weighted by atomic mass is 32.1. The van der Waals surface area contributed by atoms with Crippen LogP contribution in [0.4, 0.5) is 0 Å². The first-order valence-corrected chi connectivity index (χ1v) is 13.2. The third-order valence-electron chi connectivity index (χ3n) is 6.05. The van der Waals surface area contributed by atoms with Crippen LogP contribution in [0.15, 0.2) is 90.1 Å². The van der Waals surface area contributed by atoms with Crippen molar-refractivity contribution in [2.24, 2.45) is 0 Å². The number of nitrogens with zero attached hydrogens (tertiary/aromatic N) is 6. The van der Waals surface area contributed by atoms with Gasteiger partial charge in [0.05, 0.1) is 16.8 Å². The van der Waals surface area contributed by atoms with Gasteiger partial charge in [0, 0.05) is 35.3 Å². The molecule has 0 saturated carbocycles. The van der Waals surface area contributed by atoms with Gasteiger partial charge in [0.25, 0.3) is 5.56 Å². The smallest absolute Gasteiger partial charge is 0.291 e. The number of pyridine rings is 1. The minimum atomic E-state index is -0.217. The van der Waals surface area contributed by atoms with E-state index in [1.54, 1.807) is 12.4 Å². The second-order valence-corrected chi connectivity index (χ2v) is 9.74. The first-order valence-electron chi connectivity index (χ1n) is 12.4. The first kappa shape index (κ1) is 23.7. The van der Waals surface area contributed by atoms with E-state index in [-0.39, 0.29) is 5.56 Å². The van der Waals surface area contributed by atoms with E-state index in [1.165, 1.54) is 15.9 Å². The quantitative estimate of drug-likeness (QED) is 0.268. The zero-order chi connectivity index (χ0) is 25.9. The van der Waals surface area contributed by atoms with Gasteiger partial charge in [-0.2, -0.15) is 14.6 Å². The van der Waals surface area contributed by atoms with E-state index < -0.39 is 0 Å². The molecule has 0 amide bonds. The van der Waals surface area contributed by atoms with E-state index in [0.29, 0.717) is 21.9 Å². The fraction of sp³-hybridized carbons (Fsp3) is 0.138. The molecule has 0 saturated heterocycles. The zero-order valence-corrected chi connectivity index (χ0v) is 21.5. The normalized spacial score (nSPS) is 11.9. The van der Waals surface area contributed by atoms with E-state index in [4.69, 9.17) is 9.84 Å². The van der Waals surface area contributed by atoms with Crippen molar-refractivity contribution in [1.29, 1.82) is 0 Å². The number of thiazole rings is 1. The lowest BCUT2D eigenvalue weighted by molar-refractivity contribution is 0.309.